The van der Waals surface area contributed by atoms with E-state index in [1.54, 1.807) is 12.1 Å². The molecule has 1 nitrogen and oxygen atoms in total. The lowest BCUT2D eigenvalue weighted by molar-refractivity contribution is 0.338. The van der Waals surface area contributed by atoms with E-state index in [0.717, 1.165) is 21.3 Å². The highest BCUT2D eigenvalue weighted by molar-refractivity contribution is 9.10. The van der Waals surface area contributed by atoms with Gasteiger partial charge < -0.3 is 4.74 Å². The summed E-state index contributed by atoms with van der Waals surface area (Å²) in [5.74, 6) is 0.827. The number of hydrogen-bond acceptors (Lipinski definition) is 1. The number of benzene rings is 2. The smallest absolute Gasteiger partial charge is 0.133 e. The highest BCUT2D eigenvalue weighted by atomic mass is 79.9. The molecule has 0 spiro atoms. The van der Waals surface area contributed by atoms with Crippen LogP contribution in [0.5, 0.6) is 5.75 Å². The van der Waals surface area contributed by atoms with E-state index < -0.39 is 0 Å². The summed E-state index contributed by atoms with van der Waals surface area (Å²) in [5, 5.41) is 1.35. The van der Waals surface area contributed by atoms with E-state index in [0.29, 0.717) is 16.7 Å². The molecule has 0 heterocycles. The van der Waals surface area contributed by atoms with Crippen molar-refractivity contribution in [3.63, 3.8) is 0 Å². The molecule has 0 bridgehead atoms. The molecule has 0 radical (unpaired) electrons. The molecule has 2 rings (SSSR count). The van der Waals surface area contributed by atoms with Crippen LogP contribution in [0.15, 0.2) is 40.9 Å². The minimum atomic E-state index is -0.0272. The van der Waals surface area contributed by atoms with Crippen LogP contribution < -0.4 is 4.74 Å². The van der Waals surface area contributed by atoms with E-state index in [-0.39, 0.29) is 4.83 Å². The summed E-state index contributed by atoms with van der Waals surface area (Å²) >= 11 is 19.5. The van der Waals surface area contributed by atoms with Crippen LogP contribution in [0, 0.1) is 0 Å². The van der Waals surface area contributed by atoms with Crippen molar-refractivity contribution in [3.8, 4) is 5.75 Å². The minimum absolute atomic E-state index is 0.0272. The van der Waals surface area contributed by atoms with Crippen molar-refractivity contribution in [3.05, 3.63) is 62.0 Å². The molecular formula is C15H12Br2Cl2O. The molecule has 5 heteroatoms. The van der Waals surface area contributed by atoms with E-state index in [1.807, 2.05) is 31.2 Å². The summed E-state index contributed by atoms with van der Waals surface area (Å²) in [6, 6.07) is 11.4. The molecule has 0 aliphatic heterocycles. The minimum Gasteiger partial charge on any atom is -0.493 e. The van der Waals surface area contributed by atoms with Crippen molar-refractivity contribution in [2.24, 2.45) is 0 Å². The molecule has 0 saturated carbocycles. The zero-order valence-corrected chi connectivity index (χ0v) is 15.4. The van der Waals surface area contributed by atoms with Crippen LogP contribution in [0.25, 0.3) is 0 Å². The lowest BCUT2D eigenvalue weighted by atomic mass is 10.0. The molecule has 2 aromatic rings. The summed E-state index contributed by atoms with van der Waals surface area (Å²) in [6.45, 7) is 2.59. The first-order valence-corrected chi connectivity index (χ1v) is 8.50. The molecule has 0 N–H and O–H groups in total. The van der Waals surface area contributed by atoms with E-state index in [1.165, 1.54) is 0 Å². The maximum Gasteiger partial charge on any atom is 0.133 e. The second kappa shape index (κ2) is 7.17. The molecule has 20 heavy (non-hydrogen) atoms. The normalized spacial score (nSPS) is 12.2. The van der Waals surface area contributed by atoms with Crippen molar-refractivity contribution in [2.75, 3.05) is 6.61 Å². The molecule has 0 saturated heterocycles. The fourth-order valence-electron chi connectivity index (χ4n) is 1.84. The van der Waals surface area contributed by atoms with Crippen LogP contribution >= 0.6 is 55.1 Å². The maximum absolute atomic E-state index is 6.24. The third-order valence-electron chi connectivity index (χ3n) is 2.78. The van der Waals surface area contributed by atoms with Gasteiger partial charge in [0.15, 0.2) is 0 Å². The molecule has 0 aromatic heterocycles. The summed E-state index contributed by atoms with van der Waals surface area (Å²) in [6.07, 6.45) is 0. The second-order valence-corrected chi connectivity index (χ2v) is 6.76. The van der Waals surface area contributed by atoms with Crippen molar-refractivity contribution in [1.29, 1.82) is 0 Å². The summed E-state index contributed by atoms with van der Waals surface area (Å²) in [5.41, 5.74) is 2.01. The van der Waals surface area contributed by atoms with Crippen LogP contribution in [0.2, 0.25) is 10.0 Å². The number of alkyl halides is 1. The molecule has 0 aliphatic rings. The van der Waals surface area contributed by atoms with Gasteiger partial charge in [-0.05, 0) is 64.3 Å². The number of hydrogen-bond donors (Lipinski definition) is 0. The summed E-state index contributed by atoms with van der Waals surface area (Å²) in [7, 11) is 0. The zero-order valence-electron chi connectivity index (χ0n) is 10.7. The third-order valence-corrected chi connectivity index (χ3v) is 5.00. The van der Waals surface area contributed by atoms with Gasteiger partial charge in [-0.1, -0.05) is 45.2 Å². The van der Waals surface area contributed by atoms with Gasteiger partial charge in [-0.15, -0.1) is 0 Å². The van der Waals surface area contributed by atoms with Crippen LogP contribution in [0.4, 0.5) is 0 Å². The topological polar surface area (TPSA) is 9.23 Å². The Balaban J connectivity index is 2.35. The van der Waals surface area contributed by atoms with Gasteiger partial charge in [0.25, 0.3) is 0 Å². The first kappa shape index (κ1) is 16.2. The van der Waals surface area contributed by atoms with Gasteiger partial charge in [0, 0.05) is 10.0 Å². The standard InChI is InChI=1S/C15H12Br2Cl2O/c1-2-20-14-6-3-9(7-12(14)16)15(17)11-8-10(18)4-5-13(11)19/h3-8,15H,2H2,1H3. The largest absolute Gasteiger partial charge is 0.493 e. The lowest BCUT2D eigenvalue weighted by Gasteiger charge is -2.15. The molecule has 0 amide bonds. The van der Waals surface area contributed by atoms with Gasteiger partial charge in [-0.2, -0.15) is 0 Å². The highest BCUT2D eigenvalue weighted by Gasteiger charge is 2.15. The van der Waals surface area contributed by atoms with Crippen molar-refractivity contribution in [2.45, 2.75) is 11.8 Å². The fourth-order valence-corrected chi connectivity index (χ4v) is 3.55. The monoisotopic (exact) mass is 436 g/mol. The Kier molecular flexibility index (Phi) is 5.79. The Bertz CT molecular complexity index is 617. The molecule has 106 valence electrons. The first-order valence-electron chi connectivity index (χ1n) is 6.04. The second-order valence-electron chi connectivity index (χ2n) is 4.15. The fraction of sp³-hybridized carbons (Fsp3) is 0.200. The Morgan fingerprint density at radius 1 is 1.15 bits per heavy atom. The number of ether oxygens (including phenoxy) is 1. The van der Waals surface area contributed by atoms with E-state index in [2.05, 4.69) is 31.9 Å². The first-order chi connectivity index (χ1) is 9.52. The Labute approximate surface area is 145 Å². The highest BCUT2D eigenvalue weighted by Crippen LogP contribution is 2.39. The van der Waals surface area contributed by atoms with Gasteiger partial charge >= 0.3 is 0 Å². The van der Waals surface area contributed by atoms with Gasteiger partial charge in [-0.25, -0.2) is 0 Å². The van der Waals surface area contributed by atoms with Gasteiger partial charge in [0.1, 0.15) is 5.75 Å². The number of rotatable bonds is 4. The van der Waals surface area contributed by atoms with Crippen LogP contribution in [-0.2, 0) is 0 Å². The van der Waals surface area contributed by atoms with E-state index in [9.17, 15) is 0 Å². The maximum atomic E-state index is 6.24. The van der Waals surface area contributed by atoms with Gasteiger partial charge in [0.05, 0.1) is 15.9 Å². The SMILES string of the molecule is CCOc1ccc(C(Br)c2cc(Cl)ccc2Cl)cc1Br. The van der Waals surface area contributed by atoms with Gasteiger partial charge in [-0.3, -0.25) is 0 Å². The Morgan fingerprint density at radius 2 is 1.90 bits per heavy atom. The molecular weight excluding hydrogens is 427 g/mol. The van der Waals surface area contributed by atoms with E-state index >= 15 is 0 Å². The third kappa shape index (κ3) is 3.70. The van der Waals surface area contributed by atoms with Gasteiger partial charge in [0.2, 0.25) is 0 Å². The average molecular weight is 439 g/mol. The summed E-state index contributed by atoms with van der Waals surface area (Å²) in [4.78, 5) is -0.0272. The molecule has 1 atom stereocenters. The van der Waals surface area contributed by atoms with Crippen molar-refractivity contribution in [1.82, 2.24) is 0 Å². The Morgan fingerprint density at radius 3 is 2.55 bits per heavy atom. The lowest BCUT2D eigenvalue weighted by Crippen LogP contribution is -1.97. The van der Waals surface area contributed by atoms with Crippen LogP contribution in [-0.4, -0.2) is 6.61 Å². The quantitative estimate of drug-likeness (QED) is 0.486. The predicted molar refractivity (Wildman–Crippen MR) is 92.5 cm³/mol. The zero-order chi connectivity index (χ0) is 14.7. The van der Waals surface area contributed by atoms with Crippen LogP contribution in [0.3, 0.4) is 0 Å². The van der Waals surface area contributed by atoms with Crippen molar-refractivity contribution < 1.29 is 4.74 Å². The molecule has 2 aromatic carbocycles. The Hall–Kier alpha value is -0.220. The molecule has 1 unspecified atom stereocenters. The van der Waals surface area contributed by atoms with Crippen molar-refractivity contribution >= 4 is 55.1 Å². The predicted octanol–water partition coefficient (Wildman–Crippen LogP) is 6.64. The number of halogens is 4. The van der Waals surface area contributed by atoms with Crippen LogP contribution in [0.1, 0.15) is 22.9 Å². The summed E-state index contributed by atoms with van der Waals surface area (Å²) < 4.78 is 6.43. The average Bonchev–Trinajstić information content (AvgIpc) is 2.43. The molecule has 0 fully saturated rings. The van der Waals surface area contributed by atoms with E-state index in [4.69, 9.17) is 27.9 Å². The molecule has 0 aliphatic carbocycles.